The van der Waals surface area contributed by atoms with E-state index in [1.807, 2.05) is 54.6 Å². The number of benzene rings is 2. The van der Waals surface area contributed by atoms with Gasteiger partial charge < -0.3 is 20.5 Å². The maximum Gasteiger partial charge on any atom is 0.265 e. The quantitative estimate of drug-likeness (QED) is 0.340. The van der Waals surface area contributed by atoms with E-state index in [0.717, 1.165) is 60.8 Å². The molecule has 3 heterocycles. The highest BCUT2D eigenvalue weighted by molar-refractivity contribution is 7.17. The van der Waals surface area contributed by atoms with Crippen LogP contribution in [0, 0.1) is 0 Å². The molecular formula is C26H27N5O3S. The van der Waals surface area contributed by atoms with Gasteiger partial charge >= 0.3 is 0 Å². The van der Waals surface area contributed by atoms with Gasteiger partial charge in [-0.2, -0.15) is 5.10 Å². The van der Waals surface area contributed by atoms with Crippen LogP contribution in [-0.2, 0) is 4.74 Å². The maximum absolute atomic E-state index is 12.8. The van der Waals surface area contributed by atoms with Crippen LogP contribution in [0.1, 0.15) is 20.9 Å². The second-order valence-corrected chi connectivity index (χ2v) is 9.31. The zero-order valence-electron chi connectivity index (χ0n) is 19.2. The standard InChI is InChI=1S/C26H27N5O3S/c27-25-10-9-24(35-25)26(32)28-21-8-6-19(34-16-13-31-11-14-33-15-12-31)17-18(21)5-7-23-20-3-1-2-4-22(20)29-30-23/h1-10,17H,11-16,27H2,(H,28,32)(H,29,30)/b7-5+. The SMILES string of the molecule is Nc1ccc(C(=O)Nc2ccc(OCCN3CCOCC3)cc2/C=C/c2n[nH]c3ccccc23)s1. The largest absolute Gasteiger partial charge is 0.492 e. The number of morpholine rings is 1. The number of H-pyrrole nitrogens is 1. The number of rotatable bonds is 8. The smallest absolute Gasteiger partial charge is 0.265 e. The first-order valence-electron chi connectivity index (χ1n) is 11.5. The molecule has 2 aromatic carbocycles. The van der Waals surface area contributed by atoms with Gasteiger partial charge in [0.25, 0.3) is 5.91 Å². The van der Waals surface area contributed by atoms with E-state index in [0.29, 0.717) is 22.2 Å². The van der Waals surface area contributed by atoms with Crippen molar-refractivity contribution in [3.63, 3.8) is 0 Å². The van der Waals surface area contributed by atoms with E-state index in [-0.39, 0.29) is 5.91 Å². The monoisotopic (exact) mass is 489 g/mol. The van der Waals surface area contributed by atoms with E-state index >= 15 is 0 Å². The summed E-state index contributed by atoms with van der Waals surface area (Å²) in [4.78, 5) is 15.7. The van der Waals surface area contributed by atoms with Gasteiger partial charge in [0.2, 0.25) is 0 Å². The van der Waals surface area contributed by atoms with Crippen LogP contribution in [0.15, 0.2) is 54.6 Å². The average molecular weight is 490 g/mol. The Labute approximate surface area is 207 Å². The minimum absolute atomic E-state index is 0.201. The third-order valence-electron chi connectivity index (χ3n) is 5.82. The number of fused-ring (bicyclic) bond motifs is 1. The summed E-state index contributed by atoms with van der Waals surface area (Å²) in [5.41, 5.74) is 9.09. The second-order valence-electron chi connectivity index (χ2n) is 8.20. The molecule has 0 spiro atoms. The van der Waals surface area contributed by atoms with Gasteiger partial charge in [-0.05, 0) is 42.5 Å². The van der Waals surface area contributed by atoms with Crippen LogP contribution in [0.5, 0.6) is 5.75 Å². The van der Waals surface area contributed by atoms with Crippen LogP contribution in [0.4, 0.5) is 10.7 Å². The van der Waals surface area contributed by atoms with Crippen molar-refractivity contribution < 1.29 is 14.3 Å². The number of amides is 1. The molecule has 8 nitrogen and oxygen atoms in total. The van der Waals surface area contributed by atoms with Gasteiger partial charge in [-0.1, -0.05) is 24.3 Å². The van der Waals surface area contributed by atoms with Gasteiger partial charge in [0.1, 0.15) is 12.4 Å². The maximum atomic E-state index is 12.8. The van der Waals surface area contributed by atoms with Crippen LogP contribution in [-0.4, -0.2) is 60.5 Å². The summed E-state index contributed by atoms with van der Waals surface area (Å²) >= 11 is 1.26. The highest BCUT2D eigenvalue weighted by atomic mass is 32.1. The Morgan fingerprint density at radius 2 is 2.03 bits per heavy atom. The molecule has 0 bridgehead atoms. The Balaban J connectivity index is 1.36. The van der Waals surface area contributed by atoms with Crippen LogP contribution in [0.2, 0.25) is 0 Å². The number of anilines is 2. The van der Waals surface area contributed by atoms with Crippen molar-refractivity contribution in [2.24, 2.45) is 0 Å². The molecule has 4 aromatic rings. The molecule has 0 unspecified atom stereocenters. The number of hydrogen-bond donors (Lipinski definition) is 3. The molecule has 2 aromatic heterocycles. The summed E-state index contributed by atoms with van der Waals surface area (Å²) in [7, 11) is 0. The summed E-state index contributed by atoms with van der Waals surface area (Å²) in [5, 5.41) is 12.1. The number of ether oxygens (including phenoxy) is 2. The molecule has 1 aliphatic heterocycles. The van der Waals surface area contributed by atoms with E-state index in [1.54, 1.807) is 12.1 Å². The summed E-state index contributed by atoms with van der Waals surface area (Å²) in [5.74, 6) is 0.538. The fourth-order valence-corrected chi connectivity index (χ4v) is 4.61. The molecule has 1 fully saturated rings. The van der Waals surface area contributed by atoms with E-state index in [2.05, 4.69) is 20.4 Å². The molecule has 0 atom stereocenters. The summed E-state index contributed by atoms with van der Waals surface area (Å²) in [6, 6.07) is 17.1. The number of carbonyl (C=O) groups is 1. The molecule has 180 valence electrons. The number of nitrogens with one attached hydrogen (secondary N) is 2. The highest BCUT2D eigenvalue weighted by Crippen LogP contribution is 2.27. The molecule has 4 N–H and O–H groups in total. The topological polar surface area (TPSA) is 106 Å². The molecule has 0 saturated carbocycles. The molecule has 5 rings (SSSR count). The summed E-state index contributed by atoms with van der Waals surface area (Å²) in [6.07, 6.45) is 3.88. The Bertz CT molecular complexity index is 1340. The minimum Gasteiger partial charge on any atom is -0.492 e. The average Bonchev–Trinajstić information content (AvgIpc) is 3.51. The lowest BCUT2D eigenvalue weighted by molar-refractivity contribution is 0.0322. The fourth-order valence-electron chi connectivity index (χ4n) is 3.94. The summed E-state index contributed by atoms with van der Waals surface area (Å²) < 4.78 is 11.4. The van der Waals surface area contributed by atoms with Crippen LogP contribution < -0.4 is 15.8 Å². The van der Waals surface area contributed by atoms with Gasteiger partial charge in [0, 0.05) is 36.3 Å². The predicted molar refractivity (Wildman–Crippen MR) is 141 cm³/mol. The lowest BCUT2D eigenvalue weighted by Crippen LogP contribution is -2.38. The Hall–Kier alpha value is -3.66. The second kappa shape index (κ2) is 10.7. The first-order chi connectivity index (χ1) is 17.2. The number of nitrogen functional groups attached to an aromatic ring is 1. The number of thiophene rings is 1. The van der Waals surface area contributed by atoms with Crippen molar-refractivity contribution in [1.29, 1.82) is 0 Å². The molecule has 1 aliphatic rings. The van der Waals surface area contributed by atoms with Crippen molar-refractivity contribution >= 4 is 51.0 Å². The molecular weight excluding hydrogens is 462 g/mol. The van der Waals surface area contributed by atoms with Crippen molar-refractivity contribution in [1.82, 2.24) is 15.1 Å². The van der Waals surface area contributed by atoms with Crippen molar-refractivity contribution in [2.45, 2.75) is 0 Å². The number of aromatic nitrogens is 2. The number of aromatic amines is 1. The third-order valence-corrected chi connectivity index (χ3v) is 6.74. The Kier molecular flexibility index (Phi) is 7.08. The highest BCUT2D eigenvalue weighted by Gasteiger charge is 2.13. The molecule has 1 saturated heterocycles. The summed E-state index contributed by atoms with van der Waals surface area (Å²) in [6.45, 7) is 4.79. The third kappa shape index (κ3) is 5.71. The molecule has 0 aliphatic carbocycles. The molecule has 35 heavy (non-hydrogen) atoms. The zero-order chi connectivity index (χ0) is 24.0. The first kappa shape index (κ1) is 23.1. The van der Waals surface area contributed by atoms with Gasteiger partial charge in [-0.3, -0.25) is 14.8 Å². The fraction of sp³-hybridized carbons (Fsp3) is 0.231. The number of nitrogens with zero attached hydrogens (tertiary/aromatic N) is 2. The normalized spacial score (nSPS) is 14.5. The number of nitrogens with two attached hydrogens (primary N) is 1. The Morgan fingerprint density at radius 3 is 2.86 bits per heavy atom. The molecule has 1 amide bonds. The zero-order valence-corrected chi connectivity index (χ0v) is 20.0. The Morgan fingerprint density at radius 1 is 1.17 bits per heavy atom. The van der Waals surface area contributed by atoms with Gasteiger partial charge in [-0.15, -0.1) is 11.3 Å². The van der Waals surface area contributed by atoms with Crippen molar-refractivity contribution in [3.05, 3.63) is 70.7 Å². The van der Waals surface area contributed by atoms with Crippen LogP contribution >= 0.6 is 11.3 Å². The van der Waals surface area contributed by atoms with Gasteiger partial charge in [-0.25, -0.2) is 0 Å². The molecule has 0 radical (unpaired) electrons. The lowest BCUT2D eigenvalue weighted by atomic mass is 10.1. The lowest BCUT2D eigenvalue weighted by Gasteiger charge is -2.26. The van der Waals surface area contributed by atoms with Gasteiger partial charge in [0.05, 0.1) is 34.3 Å². The van der Waals surface area contributed by atoms with Crippen LogP contribution in [0.25, 0.3) is 23.1 Å². The van der Waals surface area contributed by atoms with E-state index in [1.165, 1.54) is 11.3 Å². The van der Waals surface area contributed by atoms with Crippen LogP contribution in [0.3, 0.4) is 0 Å². The number of hydrogen-bond acceptors (Lipinski definition) is 7. The van der Waals surface area contributed by atoms with E-state index in [4.69, 9.17) is 15.2 Å². The van der Waals surface area contributed by atoms with Crippen molar-refractivity contribution in [3.8, 4) is 5.75 Å². The number of para-hydroxylation sites is 1. The number of carbonyl (C=O) groups excluding carboxylic acids is 1. The minimum atomic E-state index is -0.201. The predicted octanol–water partition coefficient (Wildman–Crippen LogP) is 4.34. The molecule has 9 heteroatoms. The van der Waals surface area contributed by atoms with Gasteiger partial charge in [0.15, 0.2) is 0 Å². The van der Waals surface area contributed by atoms with E-state index < -0.39 is 0 Å². The van der Waals surface area contributed by atoms with E-state index in [9.17, 15) is 4.79 Å². The van der Waals surface area contributed by atoms with Crippen molar-refractivity contribution in [2.75, 3.05) is 50.5 Å². The first-order valence-corrected chi connectivity index (χ1v) is 12.3.